The minimum Gasteiger partial charge on any atom is -0.462 e. The zero-order valence-electron chi connectivity index (χ0n) is 15.0. The Kier molecular flexibility index (Phi) is 6.11. The monoisotopic (exact) mass is 360 g/mol. The number of nitrogens with one attached hydrogen (secondary N) is 1. The largest absolute Gasteiger partial charge is 0.462 e. The molecule has 0 aromatic carbocycles. The molecule has 0 spiro atoms. The van der Waals surface area contributed by atoms with E-state index in [1.54, 1.807) is 49.9 Å². The number of hydrogen-bond donors (Lipinski definition) is 2. The van der Waals surface area contributed by atoms with Crippen LogP contribution in [0.2, 0.25) is 0 Å². The molecule has 0 fully saturated rings. The van der Waals surface area contributed by atoms with Crippen molar-refractivity contribution in [1.29, 1.82) is 0 Å². The molecule has 26 heavy (non-hydrogen) atoms. The fraction of sp³-hybridized carbons (Fsp3) is 0.333. The number of carbonyl (C=O) groups is 3. The van der Waals surface area contributed by atoms with Gasteiger partial charge in [-0.1, -0.05) is 0 Å². The molecule has 0 unspecified atom stereocenters. The molecule has 3 N–H and O–H groups in total. The second kappa shape index (κ2) is 8.28. The van der Waals surface area contributed by atoms with Crippen LogP contribution in [0.25, 0.3) is 0 Å². The Balaban J connectivity index is 2.47. The fourth-order valence-electron chi connectivity index (χ4n) is 2.61. The van der Waals surface area contributed by atoms with E-state index in [4.69, 9.17) is 15.2 Å². The minimum absolute atomic E-state index is 0.205. The van der Waals surface area contributed by atoms with Crippen molar-refractivity contribution >= 4 is 17.8 Å². The van der Waals surface area contributed by atoms with Gasteiger partial charge in [0.15, 0.2) is 18.9 Å². The highest BCUT2D eigenvalue weighted by Crippen LogP contribution is 2.20. The summed E-state index contributed by atoms with van der Waals surface area (Å²) in [7, 11) is 0. The molecule has 2 rings (SSSR count). The van der Waals surface area contributed by atoms with E-state index in [1.165, 1.54) is 0 Å². The summed E-state index contributed by atoms with van der Waals surface area (Å²) in [5.41, 5.74) is 7.07. The Morgan fingerprint density at radius 2 is 1.81 bits per heavy atom. The van der Waals surface area contributed by atoms with Crippen molar-refractivity contribution in [3.05, 3.63) is 52.6 Å². The first-order valence-electron chi connectivity index (χ1n) is 8.23. The molecule has 138 valence electrons. The van der Waals surface area contributed by atoms with E-state index in [1.807, 2.05) is 0 Å². The smallest absolute Gasteiger partial charge is 0.355 e. The average molecular weight is 360 g/mol. The van der Waals surface area contributed by atoms with Crippen LogP contribution in [0.3, 0.4) is 0 Å². The number of hydrogen-bond acceptors (Lipinski definition) is 5. The molecule has 8 nitrogen and oxygen atoms in total. The Morgan fingerprint density at radius 1 is 1.15 bits per heavy atom. The van der Waals surface area contributed by atoms with Crippen molar-refractivity contribution in [1.82, 2.24) is 4.98 Å². The predicted molar refractivity (Wildman–Crippen MR) is 91.7 cm³/mol. The molecule has 0 aliphatic carbocycles. The summed E-state index contributed by atoms with van der Waals surface area (Å²) in [6, 6.07) is 3.27. The van der Waals surface area contributed by atoms with Crippen LogP contribution in [0.15, 0.2) is 24.5 Å². The lowest BCUT2D eigenvalue weighted by Crippen LogP contribution is -2.36. The lowest BCUT2D eigenvalue weighted by atomic mass is 10.1. The first-order valence-corrected chi connectivity index (χ1v) is 8.23. The molecule has 0 radical (unpaired) electrons. The van der Waals surface area contributed by atoms with Gasteiger partial charge in [-0.25, -0.2) is 9.59 Å². The molecular formula is C18H22N3O5+. The molecule has 2 heterocycles. The zero-order chi connectivity index (χ0) is 19.3. The Morgan fingerprint density at radius 3 is 2.42 bits per heavy atom. The second-order valence-corrected chi connectivity index (χ2v) is 5.55. The predicted octanol–water partition coefficient (Wildman–Crippen LogP) is 1.11. The highest BCUT2D eigenvalue weighted by atomic mass is 16.5. The summed E-state index contributed by atoms with van der Waals surface area (Å²) in [6.07, 6.45) is 3.29. The van der Waals surface area contributed by atoms with E-state index >= 15 is 0 Å². The van der Waals surface area contributed by atoms with Gasteiger partial charge < -0.3 is 20.2 Å². The lowest BCUT2D eigenvalue weighted by molar-refractivity contribution is -0.688. The molecule has 0 saturated heterocycles. The number of nitrogens with two attached hydrogens (primary N) is 1. The topological polar surface area (TPSA) is 115 Å². The van der Waals surface area contributed by atoms with Gasteiger partial charge in [0, 0.05) is 6.07 Å². The number of carbonyl (C=O) groups excluding carboxylic acids is 3. The molecule has 2 aromatic heterocycles. The van der Waals surface area contributed by atoms with Gasteiger partial charge in [0.1, 0.15) is 11.3 Å². The van der Waals surface area contributed by atoms with Gasteiger partial charge in [-0.2, -0.15) is 4.57 Å². The maximum absolute atomic E-state index is 12.4. The van der Waals surface area contributed by atoms with Crippen LogP contribution < -0.4 is 10.3 Å². The van der Waals surface area contributed by atoms with Gasteiger partial charge >= 0.3 is 11.9 Å². The number of pyridine rings is 1. The van der Waals surface area contributed by atoms with E-state index in [2.05, 4.69) is 4.98 Å². The average Bonchev–Trinajstić information content (AvgIpc) is 2.92. The van der Waals surface area contributed by atoms with Crippen LogP contribution in [-0.2, 0) is 16.0 Å². The van der Waals surface area contributed by atoms with Crippen LogP contribution in [0.5, 0.6) is 0 Å². The number of rotatable bonds is 7. The lowest BCUT2D eigenvalue weighted by Gasteiger charge is -2.04. The SMILES string of the molecule is CCOC(=O)c1[nH]c(C[n+]2cccc(C(N)=O)c2)c(C(=O)OCC)c1C. The number of nitrogens with zero attached hydrogens (tertiary/aromatic N) is 1. The Bertz CT molecular complexity index is 841. The maximum atomic E-state index is 12.4. The highest BCUT2D eigenvalue weighted by molar-refractivity contribution is 5.98. The molecule has 0 atom stereocenters. The van der Waals surface area contributed by atoms with Crippen molar-refractivity contribution in [3.63, 3.8) is 0 Å². The van der Waals surface area contributed by atoms with Crippen molar-refractivity contribution in [2.75, 3.05) is 13.2 Å². The normalized spacial score (nSPS) is 10.4. The molecule has 8 heteroatoms. The second-order valence-electron chi connectivity index (χ2n) is 5.55. The standard InChI is InChI=1S/C18H21N3O5/c1-4-25-17(23)14-11(3)15(18(24)26-5-2)20-13(14)10-21-8-6-7-12(9-21)16(19)22/h6-9H,4-5,10H2,1-3H3,(H2-,19,20,22,23,24)/p+1. The molecular weight excluding hydrogens is 338 g/mol. The summed E-state index contributed by atoms with van der Waals surface area (Å²) in [5.74, 6) is -1.63. The number of ether oxygens (including phenoxy) is 2. The van der Waals surface area contributed by atoms with Crippen LogP contribution in [-0.4, -0.2) is 36.0 Å². The van der Waals surface area contributed by atoms with Crippen LogP contribution in [0.4, 0.5) is 0 Å². The van der Waals surface area contributed by atoms with Crippen molar-refractivity contribution in [2.45, 2.75) is 27.3 Å². The number of aromatic nitrogens is 2. The number of amides is 1. The quantitative estimate of drug-likeness (QED) is 0.567. The number of H-pyrrole nitrogens is 1. The van der Waals surface area contributed by atoms with Gasteiger partial charge in [-0.05, 0) is 32.4 Å². The summed E-state index contributed by atoms with van der Waals surface area (Å²) in [5, 5.41) is 0. The van der Waals surface area contributed by atoms with Crippen molar-refractivity contribution < 1.29 is 28.4 Å². The van der Waals surface area contributed by atoms with Gasteiger partial charge in [-0.15, -0.1) is 0 Å². The molecule has 0 saturated carbocycles. The van der Waals surface area contributed by atoms with Gasteiger partial charge in [-0.3, -0.25) is 4.79 Å². The summed E-state index contributed by atoms with van der Waals surface area (Å²) < 4.78 is 11.8. The molecule has 2 aromatic rings. The van der Waals surface area contributed by atoms with Gasteiger partial charge in [0.25, 0.3) is 5.91 Å². The Hall–Kier alpha value is -3.16. The third-order valence-corrected chi connectivity index (χ3v) is 3.77. The van der Waals surface area contributed by atoms with E-state index in [-0.39, 0.29) is 31.0 Å². The minimum atomic E-state index is -0.556. The van der Waals surface area contributed by atoms with Crippen molar-refractivity contribution in [2.24, 2.45) is 5.73 Å². The van der Waals surface area contributed by atoms with E-state index in [0.29, 0.717) is 16.8 Å². The summed E-state index contributed by atoms with van der Waals surface area (Å²) in [6.45, 7) is 5.71. The molecule has 0 bridgehead atoms. The van der Waals surface area contributed by atoms with E-state index in [9.17, 15) is 14.4 Å². The Labute approximate surface area is 150 Å². The van der Waals surface area contributed by atoms with Gasteiger partial charge in [0.2, 0.25) is 0 Å². The first-order chi connectivity index (χ1) is 12.4. The molecule has 0 aliphatic rings. The van der Waals surface area contributed by atoms with Crippen LogP contribution >= 0.6 is 0 Å². The summed E-state index contributed by atoms with van der Waals surface area (Å²) in [4.78, 5) is 38.8. The number of esters is 2. The van der Waals surface area contributed by atoms with E-state index in [0.717, 1.165) is 0 Å². The molecule has 0 aliphatic heterocycles. The number of primary amides is 1. The fourth-order valence-corrected chi connectivity index (χ4v) is 2.61. The first kappa shape index (κ1) is 19.2. The third kappa shape index (κ3) is 4.08. The van der Waals surface area contributed by atoms with Crippen LogP contribution in [0, 0.1) is 6.92 Å². The summed E-state index contributed by atoms with van der Waals surface area (Å²) >= 11 is 0. The van der Waals surface area contributed by atoms with Gasteiger partial charge in [0.05, 0.1) is 24.5 Å². The van der Waals surface area contributed by atoms with E-state index < -0.39 is 17.8 Å². The van der Waals surface area contributed by atoms with Crippen molar-refractivity contribution in [3.8, 4) is 0 Å². The highest BCUT2D eigenvalue weighted by Gasteiger charge is 2.27. The molecule has 1 amide bonds. The third-order valence-electron chi connectivity index (χ3n) is 3.77. The maximum Gasteiger partial charge on any atom is 0.355 e. The van der Waals surface area contributed by atoms with Crippen LogP contribution in [0.1, 0.15) is 56.3 Å². The number of aromatic amines is 1. The zero-order valence-corrected chi connectivity index (χ0v) is 15.0.